The summed E-state index contributed by atoms with van der Waals surface area (Å²) in [5, 5.41) is 0. The molecule has 0 atom stereocenters. The maximum Gasteiger partial charge on any atom is 0.122 e. The van der Waals surface area contributed by atoms with Gasteiger partial charge in [-0.05, 0) is 54.3 Å². The summed E-state index contributed by atoms with van der Waals surface area (Å²) in [6, 6.07) is 8.23. The molecular formula is C17H20ClNO. The molecule has 106 valence electrons. The summed E-state index contributed by atoms with van der Waals surface area (Å²) in [5.41, 5.74) is 5.64. The van der Waals surface area contributed by atoms with Gasteiger partial charge in [-0.1, -0.05) is 13.3 Å². The van der Waals surface area contributed by atoms with Gasteiger partial charge < -0.3 is 4.74 Å². The summed E-state index contributed by atoms with van der Waals surface area (Å²) >= 11 is 5.90. The number of rotatable bonds is 5. The molecule has 2 aromatic rings. The van der Waals surface area contributed by atoms with Crippen LogP contribution in [-0.4, -0.2) is 12.1 Å². The van der Waals surface area contributed by atoms with Crippen molar-refractivity contribution in [3.05, 3.63) is 47.2 Å². The average molecular weight is 290 g/mol. The van der Waals surface area contributed by atoms with E-state index < -0.39 is 0 Å². The van der Waals surface area contributed by atoms with Crippen LogP contribution in [0.25, 0.3) is 11.3 Å². The van der Waals surface area contributed by atoms with E-state index in [1.54, 1.807) is 13.3 Å². The van der Waals surface area contributed by atoms with Crippen molar-refractivity contribution in [1.29, 1.82) is 0 Å². The van der Waals surface area contributed by atoms with Gasteiger partial charge in [-0.3, -0.25) is 4.98 Å². The lowest BCUT2D eigenvalue weighted by Crippen LogP contribution is -1.96. The van der Waals surface area contributed by atoms with Gasteiger partial charge in [0.05, 0.1) is 12.8 Å². The van der Waals surface area contributed by atoms with Crippen molar-refractivity contribution >= 4 is 11.6 Å². The molecule has 20 heavy (non-hydrogen) atoms. The quantitative estimate of drug-likeness (QED) is 0.741. The van der Waals surface area contributed by atoms with Crippen molar-refractivity contribution in [2.75, 3.05) is 7.11 Å². The second-order valence-electron chi connectivity index (χ2n) is 4.90. The SMILES string of the molecule is CCCc1cc(-c2cc(CCl)ccn2)cc(OC)c1C. The van der Waals surface area contributed by atoms with Crippen LogP contribution in [0.4, 0.5) is 0 Å². The average Bonchev–Trinajstić information content (AvgIpc) is 2.49. The highest BCUT2D eigenvalue weighted by Crippen LogP contribution is 2.30. The van der Waals surface area contributed by atoms with Crippen LogP contribution < -0.4 is 4.74 Å². The van der Waals surface area contributed by atoms with E-state index in [1.807, 2.05) is 12.1 Å². The third-order valence-corrected chi connectivity index (χ3v) is 3.79. The molecule has 0 saturated carbocycles. The molecule has 0 spiro atoms. The number of ether oxygens (including phenoxy) is 1. The first-order valence-electron chi connectivity index (χ1n) is 6.88. The highest BCUT2D eigenvalue weighted by molar-refractivity contribution is 6.17. The Morgan fingerprint density at radius 1 is 1.25 bits per heavy atom. The van der Waals surface area contributed by atoms with Gasteiger partial charge in [0.15, 0.2) is 0 Å². The van der Waals surface area contributed by atoms with E-state index in [-0.39, 0.29) is 0 Å². The fourth-order valence-corrected chi connectivity index (χ4v) is 2.52. The van der Waals surface area contributed by atoms with E-state index in [0.29, 0.717) is 5.88 Å². The lowest BCUT2D eigenvalue weighted by molar-refractivity contribution is 0.411. The highest BCUT2D eigenvalue weighted by atomic mass is 35.5. The number of nitrogens with zero attached hydrogens (tertiary/aromatic N) is 1. The van der Waals surface area contributed by atoms with Crippen LogP contribution in [0.1, 0.15) is 30.0 Å². The van der Waals surface area contributed by atoms with Crippen LogP contribution in [0.15, 0.2) is 30.5 Å². The first-order chi connectivity index (χ1) is 9.69. The second-order valence-corrected chi connectivity index (χ2v) is 5.16. The van der Waals surface area contributed by atoms with E-state index in [0.717, 1.165) is 35.4 Å². The number of pyridine rings is 1. The molecule has 0 aliphatic heterocycles. The number of halogens is 1. The maximum atomic E-state index is 5.90. The molecule has 0 saturated heterocycles. The Bertz CT molecular complexity index is 596. The van der Waals surface area contributed by atoms with E-state index in [1.165, 1.54) is 11.1 Å². The molecule has 2 rings (SSSR count). The van der Waals surface area contributed by atoms with Crippen LogP contribution in [0, 0.1) is 6.92 Å². The largest absolute Gasteiger partial charge is 0.496 e. The van der Waals surface area contributed by atoms with Crippen molar-refractivity contribution in [2.45, 2.75) is 32.6 Å². The number of benzene rings is 1. The van der Waals surface area contributed by atoms with Crippen molar-refractivity contribution in [3.8, 4) is 17.0 Å². The molecule has 3 heteroatoms. The van der Waals surface area contributed by atoms with Gasteiger partial charge in [0.1, 0.15) is 5.75 Å². The molecule has 0 radical (unpaired) electrons. The number of hydrogen-bond donors (Lipinski definition) is 0. The third kappa shape index (κ3) is 3.13. The topological polar surface area (TPSA) is 22.1 Å². The van der Waals surface area contributed by atoms with E-state index in [2.05, 4.69) is 31.0 Å². The monoisotopic (exact) mass is 289 g/mol. The fourth-order valence-electron chi connectivity index (χ4n) is 2.35. The maximum absolute atomic E-state index is 5.90. The summed E-state index contributed by atoms with van der Waals surface area (Å²) in [6.45, 7) is 4.29. The van der Waals surface area contributed by atoms with Gasteiger partial charge in [-0.15, -0.1) is 11.6 Å². The summed E-state index contributed by atoms with van der Waals surface area (Å²) in [6.07, 6.45) is 3.96. The first kappa shape index (κ1) is 14.9. The second kappa shape index (κ2) is 6.76. The number of hydrogen-bond acceptors (Lipinski definition) is 2. The number of alkyl halides is 1. The highest BCUT2D eigenvalue weighted by Gasteiger charge is 2.10. The Hall–Kier alpha value is -1.54. The van der Waals surface area contributed by atoms with Gasteiger partial charge in [0.2, 0.25) is 0 Å². The van der Waals surface area contributed by atoms with E-state index in [4.69, 9.17) is 16.3 Å². The molecule has 0 N–H and O–H groups in total. The predicted molar refractivity (Wildman–Crippen MR) is 84.5 cm³/mol. The summed E-state index contributed by atoms with van der Waals surface area (Å²) < 4.78 is 5.50. The van der Waals surface area contributed by atoms with Gasteiger partial charge in [0, 0.05) is 17.6 Å². The zero-order chi connectivity index (χ0) is 14.5. The molecule has 0 unspecified atom stereocenters. The fraction of sp³-hybridized carbons (Fsp3) is 0.353. The molecule has 1 aromatic carbocycles. The molecular weight excluding hydrogens is 270 g/mol. The Morgan fingerprint density at radius 3 is 2.70 bits per heavy atom. The summed E-state index contributed by atoms with van der Waals surface area (Å²) in [7, 11) is 1.71. The molecule has 0 amide bonds. The molecule has 1 heterocycles. The molecule has 2 nitrogen and oxygen atoms in total. The smallest absolute Gasteiger partial charge is 0.122 e. The Balaban J connectivity index is 2.52. The molecule has 1 aromatic heterocycles. The third-order valence-electron chi connectivity index (χ3n) is 3.48. The van der Waals surface area contributed by atoms with Gasteiger partial charge in [-0.2, -0.15) is 0 Å². The van der Waals surface area contributed by atoms with Crippen molar-refractivity contribution in [2.24, 2.45) is 0 Å². The Morgan fingerprint density at radius 2 is 2.05 bits per heavy atom. The van der Waals surface area contributed by atoms with Crippen molar-refractivity contribution < 1.29 is 4.74 Å². The van der Waals surface area contributed by atoms with Gasteiger partial charge in [-0.25, -0.2) is 0 Å². The lowest BCUT2D eigenvalue weighted by Gasteiger charge is -2.13. The summed E-state index contributed by atoms with van der Waals surface area (Å²) in [4.78, 5) is 4.45. The van der Waals surface area contributed by atoms with Gasteiger partial charge in [0.25, 0.3) is 0 Å². The standard InChI is InChI=1S/C17H20ClNO/c1-4-5-14-9-15(10-17(20-3)12(14)2)16-8-13(11-18)6-7-19-16/h6-10H,4-5,11H2,1-3H3. The Labute approximate surface area is 125 Å². The number of aromatic nitrogens is 1. The number of methoxy groups -OCH3 is 1. The first-order valence-corrected chi connectivity index (χ1v) is 7.41. The summed E-state index contributed by atoms with van der Waals surface area (Å²) in [5.74, 6) is 1.42. The van der Waals surface area contributed by atoms with Crippen molar-refractivity contribution in [1.82, 2.24) is 4.98 Å². The molecule has 0 bridgehead atoms. The van der Waals surface area contributed by atoms with E-state index in [9.17, 15) is 0 Å². The molecule has 0 aliphatic carbocycles. The zero-order valence-electron chi connectivity index (χ0n) is 12.2. The number of aryl methyl sites for hydroxylation is 1. The molecule has 0 aliphatic rings. The zero-order valence-corrected chi connectivity index (χ0v) is 13.0. The normalized spacial score (nSPS) is 10.6. The molecule has 0 fully saturated rings. The predicted octanol–water partition coefficient (Wildman–Crippen LogP) is 4.76. The minimum Gasteiger partial charge on any atom is -0.496 e. The van der Waals surface area contributed by atoms with Crippen molar-refractivity contribution in [3.63, 3.8) is 0 Å². The Kier molecular flexibility index (Phi) is 5.02. The van der Waals surface area contributed by atoms with Crippen LogP contribution in [-0.2, 0) is 12.3 Å². The van der Waals surface area contributed by atoms with Crippen LogP contribution in [0.2, 0.25) is 0 Å². The van der Waals surface area contributed by atoms with Crippen LogP contribution >= 0.6 is 11.6 Å². The minimum atomic E-state index is 0.500. The van der Waals surface area contributed by atoms with Crippen LogP contribution in [0.3, 0.4) is 0 Å². The minimum absolute atomic E-state index is 0.500. The van der Waals surface area contributed by atoms with Crippen LogP contribution in [0.5, 0.6) is 5.75 Å². The lowest BCUT2D eigenvalue weighted by atomic mass is 9.98. The van der Waals surface area contributed by atoms with Gasteiger partial charge >= 0.3 is 0 Å². The van der Waals surface area contributed by atoms with E-state index >= 15 is 0 Å².